The Labute approximate surface area is 85.5 Å². The van der Waals surface area contributed by atoms with E-state index < -0.39 is 0 Å². The van der Waals surface area contributed by atoms with E-state index in [-0.39, 0.29) is 0 Å². The summed E-state index contributed by atoms with van der Waals surface area (Å²) in [6, 6.07) is 5.81. The minimum Gasteiger partial charge on any atom is -0.481 e. The Bertz CT molecular complexity index is 274. The quantitative estimate of drug-likeness (QED) is 0.776. The smallest absolute Gasteiger partial charge is 0.213 e. The summed E-state index contributed by atoms with van der Waals surface area (Å²) in [6.07, 6.45) is 0. The van der Waals surface area contributed by atoms with Crippen LogP contribution in [-0.2, 0) is 6.54 Å². The summed E-state index contributed by atoms with van der Waals surface area (Å²) < 4.78 is 5.04. The number of pyridine rings is 1. The van der Waals surface area contributed by atoms with E-state index in [1.807, 2.05) is 18.2 Å². The van der Waals surface area contributed by atoms with Crippen molar-refractivity contribution in [2.75, 3.05) is 13.7 Å². The lowest BCUT2D eigenvalue weighted by Gasteiger charge is -2.07. The topological polar surface area (TPSA) is 34.1 Å². The van der Waals surface area contributed by atoms with Gasteiger partial charge in [-0.2, -0.15) is 0 Å². The standard InChI is InChI=1S/C11H18N2O/c1-9(2)7-12-8-10-5-4-6-11(13-10)14-3/h4-6,9,12H,7-8H2,1-3H3. The van der Waals surface area contributed by atoms with Crippen LogP contribution in [0, 0.1) is 5.92 Å². The van der Waals surface area contributed by atoms with E-state index in [0.29, 0.717) is 11.8 Å². The second-order valence-corrected chi connectivity index (χ2v) is 3.70. The van der Waals surface area contributed by atoms with Gasteiger partial charge in [-0.15, -0.1) is 0 Å². The van der Waals surface area contributed by atoms with E-state index in [9.17, 15) is 0 Å². The van der Waals surface area contributed by atoms with Crippen molar-refractivity contribution in [3.63, 3.8) is 0 Å². The normalized spacial score (nSPS) is 10.6. The van der Waals surface area contributed by atoms with Crippen LogP contribution in [-0.4, -0.2) is 18.6 Å². The van der Waals surface area contributed by atoms with Crippen LogP contribution in [0.5, 0.6) is 5.88 Å². The number of nitrogens with one attached hydrogen (secondary N) is 1. The van der Waals surface area contributed by atoms with Gasteiger partial charge in [0.05, 0.1) is 12.8 Å². The van der Waals surface area contributed by atoms with Crippen molar-refractivity contribution in [1.82, 2.24) is 10.3 Å². The van der Waals surface area contributed by atoms with Gasteiger partial charge in [0, 0.05) is 12.6 Å². The van der Waals surface area contributed by atoms with Gasteiger partial charge in [0.2, 0.25) is 5.88 Å². The molecular weight excluding hydrogens is 176 g/mol. The molecule has 0 aliphatic carbocycles. The summed E-state index contributed by atoms with van der Waals surface area (Å²) in [5.74, 6) is 1.34. The van der Waals surface area contributed by atoms with Crippen LogP contribution in [0.2, 0.25) is 0 Å². The first kappa shape index (κ1) is 11.0. The maximum absolute atomic E-state index is 5.04. The predicted octanol–water partition coefficient (Wildman–Crippen LogP) is 1.84. The third-order valence-corrected chi connectivity index (χ3v) is 1.85. The molecule has 78 valence electrons. The van der Waals surface area contributed by atoms with Crippen molar-refractivity contribution < 1.29 is 4.74 Å². The monoisotopic (exact) mass is 194 g/mol. The minimum atomic E-state index is 0.667. The molecule has 0 atom stereocenters. The fourth-order valence-electron chi connectivity index (χ4n) is 1.16. The average molecular weight is 194 g/mol. The molecule has 0 unspecified atom stereocenters. The van der Waals surface area contributed by atoms with Crippen molar-refractivity contribution in [1.29, 1.82) is 0 Å². The molecule has 0 aliphatic heterocycles. The molecule has 1 N–H and O–H groups in total. The van der Waals surface area contributed by atoms with E-state index in [0.717, 1.165) is 18.8 Å². The van der Waals surface area contributed by atoms with Crippen molar-refractivity contribution in [2.45, 2.75) is 20.4 Å². The summed E-state index contributed by atoms with van der Waals surface area (Å²) >= 11 is 0. The van der Waals surface area contributed by atoms with Crippen LogP contribution in [0.3, 0.4) is 0 Å². The highest BCUT2D eigenvalue weighted by Gasteiger charge is 1.97. The number of hydrogen-bond donors (Lipinski definition) is 1. The van der Waals surface area contributed by atoms with Gasteiger partial charge < -0.3 is 10.1 Å². The Morgan fingerprint density at radius 1 is 1.43 bits per heavy atom. The number of nitrogens with zero attached hydrogens (tertiary/aromatic N) is 1. The van der Waals surface area contributed by atoms with Crippen molar-refractivity contribution >= 4 is 0 Å². The van der Waals surface area contributed by atoms with Gasteiger partial charge >= 0.3 is 0 Å². The van der Waals surface area contributed by atoms with Gasteiger partial charge in [-0.3, -0.25) is 0 Å². The third kappa shape index (κ3) is 3.75. The molecule has 1 aromatic rings. The number of hydrogen-bond acceptors (Lipinski definition) is 3. The van der Waals surface area contributed by atoms with Gasteiger partial charge in [-0.05, 0) is 18.5 Å². The molecule has 1 heterocycles. The Morgan fingerprint density at radius 3 is 2.86 bits per heavy atom. The van der Waals surface area contributed by atoms with Crippen LogP contribution in [0.25, 0.3) is 0 Å². The summed E-state index contributed by atoms with van der Waals surface area (Å²) in [5, 5.41) is 3.33. The first-order valence-electron chi connectivity index (χ1n) is 4.93. The molecule has 1 aromatic heterocycles. The number of methoxy groups -OCH3 is 1. The van der Waals surface area contributed by atoms with Gasteiger partial charge in [-0.1, -0.05) is 19.9 Å². The van der Waals surface area contributed by atoms with Gasteiger partial charge in [0.25, 0.3) is 0 Å². The van der Waals surface area contributed by atoms with Crippen molar-refractivity contribution in [3.8, 4) is 5.88 Å². The van der Waals surface area contributed by atoms with E-state index >= 15 is 0 Å². The molecule has 0 spiro atoms. The summed E-state index contributed by atoms with van der Waals surface area (Å²) in [4.78, 5) is 4.30. The molecule has 0 fully saturated rings. The fourth-order valence-corrected chi connectivity index (χ4v) is 1.16. The molecule has 0 bridgehead atoms. The van der Waals surface area contributed by atoms with Crippen molar-refractivity contribution in [3.05, 3.63) is 23.9 Å². The third-order valence-electron chi connectivity index (χ3n) is 1.85. The summed E-state index contributed by atoms with van der Waals surface area (Å²) in [7, 11) is 1.63. The molecule has 14 heavy (non-hydrogen) atoms. The molecule has 0 aromatic carbocycles. The number of rotatable bonds is 5. The van der Waals surface area contributed by atoms with Gasteiger partial charge in [-0.25, -0.2) is 4.98 Å². The van der Waals surface area contributed by atoms with Gasteiger partial charge in [0.1, 0.15) is 0 Å². The lowest BCUT2D eigenvalue weighted by molar-refractivity contribution is 0.395. The highest BCUT2D eigenvalue weighted by molar-refractivity contribution is 5.15. The Kier molecular flexibility index (Phi) is 4.40. The summed E-state index contributed by atoms with van der Waals surface area (Å²) in [6.45, 7) is 6.19. The minimum absolute atomic E-state index is 0.667. The number of ether oxygens (including phenoxy) is 1. The zero-order valence-electron chi connectivity index (χ0n) is 9.08. The molecule has 1 rings (SSSR count). The fraction of sp³-hybridized carbons (Fsp3) is 0.545. The second-order valence-electron chi connectivity index (χ2n) is 3.70. The summed E-state index contributed by atoms with van der Waals surface area (Å²) in [5.41, 5.74) is 1.02. The largest absolute Gasteiger partial charge is 0.481 e. The second kappa shape index (κ2) is 5.60. The van der Waals surface area contributed by atoms with E-state index in [2.05, 4.69) is 24.1 Å². The Balaban J connectivity index is 2.42. The zero-order chi connectivity index (χ0) is 10.4. The lowest BCUT2D eigenvalue weighted by atomic mass is 10.2. The molecule has 0 saturated heterocycles. The highest BCUT2D eigenvalue weighted by Crippen LogP contribution is 2.06. The predicted molar refractivity (Wildman–Crippen MR) is 57.3 cm³/mol. The highest BCUT2D eigenvalue weighted by atomic mass is 16.5. The van der Waals surface area contributed by atoms with Crippen molar-refractivity contribution in [2.24, 2.45) is 5.92 Å². The van der Waals surface area contributed by atoms with E-state index in [1.165, 1.54) is 0 Å². The maximum atomic E-state index is 5.04. The molecule has 0 saturated carbocycles. The van der Waals surface area contributed by atoms with E-state index in [1.54, 1.807) is 7.11 Å². The van der Waals surface area contributed by atoms with Crippen LogP contribution < -0.4 is 10.1 Å². The maximum Gasteiger partial charge on any atom is 0.213 e. The Hall–Kier alpha value is -1.09. The SMILES string of the molecule is COc1cccc(CNCC(C)C)n1. The number of aromatic nitrogens is 1. The molecule has 0 radical (unpaired) electrons. The molecule has 3 nitrogen and oxygen atoms in total. The average Bonchev–Trinajstić information content (AvgIpc) is 2.18. The van der Waals surface area contributed by atoms with Crippen LogP contribution in [0.15, 0.2) is 18.2 Å². The van der Waals surface area contributed by atoms with Gasteiger partial charge in [0.15, 0.2) is 0 Å². The molecular formula is C11H18N2O. The first-order chi connectivity index (χ1) is 6.72. The van der Waals surface area contributed by atoms with E-state index in [4.69, 9.17) is 4.74 Å². The zero-order valence-corrected chi connectivity index (χ0v) is 9.08. The van der Waals surface area contributed by atoms with Crippen LogP contribution >= 0.6 is 0 Å². The molecule has 0 amide bonds. The Morgan fingerprint density at radius 2 is 2.21 bits per heavy atom. The van der Waals surface area contributed by atoms with Crippen LogP contribution in [0.1, 0.15) is 19.5 Å². The lowest BCUT2D eigenvalue weighted by Crippen LogP contribution is -2.19. The van der Waals surface area contributed by atoms with Crippen LogP contribution in [0.4, 0.5) is 0 Å². The first-order valence-corrected chi connectivity index (χ1v) is 4.93. The molecule has 0 aliphatic rings. The molecule has 3 heteroatoms.